The van der Waals surface area contributed by atoms with Crippen LogP contribution in [0.15, 0.2) is 0 Å². The fourth-order valence-electron chi connectivity index (χ4n) is 8.48. The summed E-state index contributed by atoms with van der Waals surface area (Å²) in [7, 11) is 0. The van der Waals surface area contributed by atoms with Crippen molar-refractivity contribution in [2.45, 2.75) is 98.2 Å². The molecule has 0 amide bonds. The summed E-state index contributed by atoms with van der Waals surface area (Å²) in [4.78, 5) is 38.1. The lowest BCUT2D eigenvalue weighted by atomic mass is 9.44. The van der Waals surface area contributed by atoms with Crippen LogP contribution in [0.25, 0.3) is 0 Å². The maximum Gasteiger partial charge on any atom is 0.305 e. The monoisotopic (exact) mass is 432 g/mol. The largest absolute Gasteiger partial charge is 0.460 e. The molecule has 0 aromatic carbocycles. The molecular formula is C26H40O5. The Bertz CT molecular complexity index is 746. The Morgan fingerprint density at radius 2 is 1.77 bits per heavy atom. The first-order valence-corrected chi connectivity index (χ1v) is 12.5. The lowest BCUT2D eigenvalue weighted by Gasteiger charge is -2.60. The predicted octanol–water partition coefficient (Wildman–Crippen LogP) is 4.75. The van der Waals surface area contributed by atoms with Crippen molar-refractivity contribution in [2.24, 2.45) is 40.4 Å². The summed E-state index contributed by atoms with van der Waals surface area (Å²) in [5.74, 6) is 1.73. The quantitative estimate of drug-likeness (QED) is 0.586. The number of carbonyl (C=O) groups excluding carboxylic acids is 3. The van der Waals surface area contributed by atoms with E-state index in [1.165, 1.54) is 0 Å². The molecule has 4 rings (SSSR count). The molecule has 4 aliphatic carbocycles. The van der Waals surface area contributed by atoms with Crippen molar-refractivity contribution in [1.29, 1.82) is 0 Å². The molecule has 4 saturated carbocycles. The minimum atomic E-state index is -0.209. The summed E-state index contributed by atoms with van der Waals surface area (Å²) in [5.41, 5.74) is -0.287. The molecule has 0 aromatic rings. The molecular weight excluding hydrogens is 392 g/mol. The first kappa shape index (κ1) is 22.9. The maximum atomic E-state index is 13.7. The minimum absolute atomic E-state index is 0.0355. The van der Waals surface area contributed by atoms with Gasteiger partial charge < -0.3 is 9.47 Å². The van der Waals surface area contributed by atoms with Crippen LogP contribution >= 0.6 is 0 Å². The van der Waals surface area contributed by atoms with Crippen LogP contribution in [0, 0.1) is 40.4 Å². The third kappa shape index (κ3) is 3.59. The molecule has 4 fully saturated rings. The Labute approximate surface area is 187 Å². The number of rotatable bonds is 5. The SMILES string of the molecule is CCO[C@H]1C[C@@]2(C)[C@@H](CC[C@H]3[C@@H]4CC[C@H](C(C)=O)[C@@]4(C)CC(=O)[C@@H]32)C[C@@H]1OC(=O)CC. The van der Waals surface area contributed by atoms with E-state index in [9.17, 15) is 14.4 Å². The molecule has 0 bridgehead atoms. The molecule has 174 valence electrons. The lowest BCUT2D eigenvalue weighted by molar-refractivity contribution is -0.192. The average molecular weight is 433 g/mol. The fourth-order valence-corrected chi connectivity index (χ4v) is 8.48. The molecule has 0 saturated heterocycles. The summed E-state index contributed by atoms with van der Waals surface area (Å²) < 4.78 is 11.9. The van der Waals surface area contributed by atoms with Crippen molar-refractivity contribution >= 4 is 17.5 Å². The smallest absolute Gasteiger partial charge is 0.305 e. The van der Waals surface area contributed by atoms with Crippen LogP contribution in [0.5, 0.6) is 0 Å². The van der Waals surface area contributed by atoms with Gasteiger partial charge in [-0.3, -0.25) is 14.4 Å². The molecule has 0 radical (unpaired) electrons. The molecule has 0 N–H and O–H groups in total. The first-order chi connectivity index (χ1) is 14.7. The number of hydrogen-bond acceptors (Lipinski definition) is 5. The first-order valence-electron chi connectivity index (χ1n) is 12.5. The highest BCUT2D eigenvalue weighted by molar-refractivity contribution is 5.87. The number of esters is 1. The van der Waals surface area contributed by atoms with Gasteiger partial charge in [-0.2, -0.15) is 0 Å². The number of ether oxygens (including phenoxy) is 2. The van der Waals surface area contributed by atoms with Gasteiger partial charge in [0.25, 0.3) is 0 Å². The second kappa shape index (κ2) is 8.28. The van der Waals surface area contributed by atoms with Crippen LogP contribution in [-0.4, -0.2) is 36.4 Å². The number of fused-ring (bicyclic) bond motifs is 5. The van der Waals surface area contributed by atoms with E-state index in [1.807, 2.05) is 13.8 Å². The second-order valence-corrected chi connectivity index (χ2v) is 11.2. The normalized spacial score (nSPS) is 46.6. The Balaban J connectivity index is 1.62. The number of hydrogen-bond donors (Lipinski definition) is 0. The van der Waals surface area contributed by atoms with E-state index in [2.05, 4.69) is 13.8 Å². The van der Waals surface area contributed by atoms with E-state index >= 15 is 0 Å². The summed E-state index contributed by atoms with van der Waals surface area (Å²) in [6, 6.07) is 0. The van der Waals surface area contributed by atoms with Gasteiger partial charge in [0.1, 0.15) is 17.7 Å². The average Bonchev–Trinajstić information content (AvgIpc) is 3.05. The van der Waals surface area contributed by atoms with Gasteiger partial charge in [-0.15, -0.1) is 0 Å². The van der Waals surface area contributed by atoms with Crippen LogP contribution in [0.2, 0.25) is 0 Å². The predicted molar refractivity (Wildman–Crippen MR) is 117 cm³/mol. The standard InChI is InChI=1S/C26H40O5/c1-6-23(29)31-21-12-16-8-9-17-19-11-10-18(15(3)27)26(19,5)13-20(28)24(17)25(16,4)14-22(21)30-7-2/h16-19,21-22,24H,6-14H2,1-5H3/t16-,17-,18+,19-,21-,22-,24+,25-,26+/m0/s1. The zero-order valence-electron chi connectivity index (χ0n) is 19.9. The summed E-state index contributed by atoms with van der Waals surface area (Å²) in [6.07, 6.45) is 6.26. The molecule has 0 aromatic heterocycles. The number of ketones is 2. The Morgan fingerprint density at radius 3 is 2.42 bits per heavy atom. The fraction of sp³-hybridized carbons (Fsp3) is 0.885. The van der Waals surface area contributed by atoms with Crippen molar-refractivity contribution in [3.05, 3.63) is 0 Å². The van der Waals surface area contributed by atoms with Gasteiger partial charge in [0.2, 0.25) is 0 Å². The zero-order chi connectivity index (χ0) is 22.6. The van der Waals surface area contributed by atoms with Crippen molar-refractivity contribution in [2.75, 3.05) is 6.61 Å². The molecule has 0 aliphatic heterocycles. The van der Waals surface area contributed by atoms with Crippen molar-refractivity contribution in [1.82, 2.24) is 0 Å². The Morgan fingerprint density at radius 1 is 1.03 bits per heavy atom. The maximum absolute atomic E-state index is 13.7. The van der Waals surface area contributed by atoms with Crippen LogP contribution in [0.4, 0.5) is 0 Å². The van der Waals surface area contributed by atoms with E-state index < -0.39 is 0 Å². The highest BCUT2D eigenvalue weighted by Gasteiger charge is 2.64. The number of carbonyl (C=O) groups is 3. The molecule has 5 nitrogen and oxygen atoms in total. The Hall–Kier alpha value is -1.23. The van der Waals surface area contributed by atoms with E-state index in [0.29, 0.717) is 43.0 Å². The summed E-state index contributed by atoms with van der Waals surface area (Å²) in [5, 5.41) is 0. The van der Waals surface area contributed by atoms with Gasteiger partial charge in [-0.05, 0) is 81.0 Å². The lowest BCUT2D eigenvalue weighted by Crippen LogP contribution is -2.60. The topological polar surface area (TPSA) is 69.7 Å². The Kier molecular flexibility index (Phi) is 6.13. The third-order valence-electron chi connectivity index (χ3n) is 9.76. The van der Waals surface area contributed by atoms with E-state index in [1.54, 1.807) is 6.92 Å². The van der Waals surface area contributed by atoms with Gasteiger partial charge in [-0.25, -0.2) is 0 Å². The van der Waals surface area contributed by atoms with Gasteiger partial charge in [0.05, 0.1) is 6.10 Å². The van der Waals surface area contributed by atoms with E-state index in [4.69, 9.17) is 9.47 Å². The van der Waals surface area contributed by atoms with E-state index in [-0.39, 0.29) is 46.6 Å². The third-order valence-corrected chi connectivity index (χ3v) is 9.76. The molecule has 4 aliphatic rings. The van der Waals surface area contributed by atoms with Crippen molar-refractivity contribution in [3.63, 3.8) is 0 Å². The minimum Gasteiger partial charge on any atom is -0.460 e. The van der Waals surface area contributed by atoms with Crippen LogP contribution < -0.4 is 0 Å². The highest BCUT2D eigenvalue weighted by atomic mass is 16.6. The van der Waals surface area contributed by atoms with Crippen LogP contribution in [0.1, 0.15) is 86.0 Å². The highest BCUT2D eigenvalue weighted by Crippen LogP contribution is 2.66. The zero-order valence-corrected chi connectivity index (χ0v) is 19.9. The molecule has 0 heterocycles. The second-order valence-electron chi connectivity index (χ2n) is 11.2. The summed E-state index contributed by atoms with van der Waals surface area (Å²) >= 11 is 0. The van der Waals surface area contributed by atoms with Gasteiger partial charge in [0, 0.05) is 31.3 Å². The van der Waals surface area contributed by atoms with Gasteiger partial charge >= 0.3 is 5.97 Å². The number of Topliss-reactive ketones (excluding diaryl/α,β-unsaturated/α-hetero) is 2. The van der Waals surface area contributed by atoms with Crippen molar-refractivity contribution < 1.29 is 23.9 Å². The van der Waals surface area contributed by atoms with E-state index in [0.717, 1.165) is 38.5 Å². The molecule has 0 unspecified atom stereocenters. The molecule has 0 spiro atoms. The summed E-state index contributed by atoms with van der Waals surface area (Å²) in [6.45, 7) is 10.6. The van der Waals surface area contributed by atoms with Gasteiger partial charge in [0.15, 0.2) is 0 Å². The van der Waals surface area contributed by atoms with Crippen LogP contribution in [0.3, 0.4) is 0 Å². The molecule has 31 heavy (non-hydrogen) atoms. The molecule has 9 atom stereocenters. The van der Waals surface area contributed by atoms with Crippen molar-refractivity contribution in [3.8, 4) is 0 Å². The molecule has 5 heteroatoms. The van der Waals surface area contributed by atoms with Crippen LogP contribution in [-0.2, 0) is 23.9 Å². The van der Waals surface area contributed by atoms with Gasteiger partial charge in [-0.1, -0.05) is 20.8 Å².